The first-order valence-corrected chi connectivity index (χ1v) is 9.18. The SMILES string of the molecule is Cc1cc(S(=O)(=O)N2CC(C)NCC2C)ccc1OC(C)C.Cl. The van der Waals surface area contributed by atoms with Crippen LogP contribution in [0.3, 0.4) is 0 Å². The number of aryl methyl sites for hydroxylation is 1. The number of hydrogen-bond donors (Lipinski definition) is 1. The van der Waals surface area contributed by atoms with Crippen molar-refractivity contribution < 1.29 is 13.2 Å². The zero-order valence-corrected chi connectivity index (χ0v) is 16.0. The Bertz CT molecular complexity index is 634. The molecule has 0 aliphatic carbocycles. The number of benzene rings is 1. The van der Waals surface area contributed by atoms with Gasteiger partial charge >= 0.3 is 0 Å². The Morgan fingerprint density at radius 3 is 2.52 bits per heavy atom. The average Bonchev–Trinajstić information content (AvgIpc) is 2.43. The van der Waals surface area contributed by atoms with E-state index in [1.807, 2.05) is 34.6 Å². The van der Waals surface area contributed by atoms with Crippen LogP contribution in [0.2, 0.25) is 0 Å². The number of rotatable bonds is 4. The Morgan fingerprint density at radius 2 is 1.96 bits per heavy atom. The van der Waals surface area contributed by atoms with Crippen LogP contribution in [0.5, 0.6) is 5.75 Å². The molecule has 1 aliphatic rings. The van der Waals surface area contributed by atoms with E-state index in [1.165, 1.54) is 0 Å². The van der Waals surface area contributed by atoms with Crippen molar-refractivity contribution >= 4 is 22.4 Å². The molecule has 1 heterocycles. The van der Waals surface area contributed by atoms with Gasteiger partial charge in [0, 0.05) is 25.2 Å². The normalized spacial score (nSPS) is 22.7. The van der Waals surface area contributed by atoms with Crippen molar-refractivity contribution in [2.75, 3.05) is 13.1 Å². The molecule has 1 N–H and O–H groups in total. The minimum absolute atomic E-state index is 0. The largest absolute Gasteiger partial charge is 0.491 e. The number of halogens is 1. The molecule has 1 aromatic rings. The number of ether oxygens (including phenoxy) is 1. The van der Waals surface area contributed by atoms with Crippen molar-refractivity contribution in [3.8, 4) is 5.75 Å². The second-order valence-corrected chi connectivity index (χ2v) is 8.22. The number of piperazine rings is 1. The summed E-state index contributed by atoms with van der Waals surface area (Å²) in [6, 6.07) is 5.20. The van der Waals surface area contributed by atoms with E-state index in [2.05, 4.69) is 5.32 Å². The summed E-state index contributed by atoms with van der Waals surface area (Å²) in [4.78, 5) is 0.335. The van der Waals surface area contributed by atoms with Crippen LogP contribution in [0.4, 0.5) is 0 Å². The molecular weight excluding hydrogens is 336 g/mol. The fourth-order valence-electron chi connectivity index (χ4n) is 2.63. The summed E-state index contributed by atoms with van der Waals surface area (Å²) in [7, 11) is -3.47. The maximum atomic E-state index is 12.9. The molecule has 2 rings (SSSR count). The molecule has 7 heteroatoms. The predicted molar refractivity (Wildman–Crippen MR) is 95.0 cm³/mol. The lowest BCUT2D eigenvalue weighted by atomic mass is 10.2. The van der Waals surface area contributed by atoms with E-state index >= 15 is 0 Å². The number of hydrogen-bond acceptors (Lipinski definition) is 4. The topological polar surface area (TPSA) is 58.6 Å². The summed E-state index contributed by atoms with van der Waals surface area (Å²) in [5.74, 6) is 0.732. The van der Waals surface area contributed by atoms with Crippen molar-refractivity contribution in [2.24, 2.45) is 0 Å². The number of nitrogens with zero attached hydrogens (tertiary/aromatic N) is 1. The minimum atomic E-state index is -3.47. The number of sulfonamides is 1. The second-order valence-electron chi connectivity index (χ2n) is 6.33. The van der Waals surface area contributed by atoms with Crippen LogP contribution in [0.25, 0.3) is 0 Å². The van der Waals surface area contributed by atoms with Crippen LogP contribution < -0.4 is 10.1 Å². The van der Waals surface area contributed by atoms with Crippen LogP contribution in [-0.2, 0) is 10.0 Å². The average molecular weight is 363 g/mol. The van der Waals surface area contributed by atoms with Gasteiger partial charge in [-0.15, -0.1) is 12.4 Å². The fourth-order valence-corrected chi connectivity index (χ4v) is 4.43. The van der Waals surface area contributed by atoms with E-state index in [0.29, 0.717) is 18.0 Å². The van der Waals surface area contributed by atoms with Gasteiger partial charge in [0.2, 0.25) is 10.0 Å². The molecule has 1 fully saturated rings. The molecule has 2 unspecified atom stereocenters. The molecule has 5 nitrogen and oxygen atoms in total. The van der Waals surface area contributed by atoms with Gasteiger partial charge in [0.05, 0.1) is 11.0 Å². The Balaban J connectivity index is 0.00000264. The van der Waals surface area contributed by atoms with Crippen LogP contribution in [0.1, 0.15) is 33.3 Å². The standard InChI is InChI=1S/C16H26N2O3S.ClH/c1-11(2)21-16-7-6-15(8-12(16)3)22(19,20)18-10-13(4)17-9-14(18)5;/h6-8,11,13-14,17H,9-10H2,1-5H3;1H. The molecule has 132 valence electrons. The Morgan fingerprint density at radius 1 is 1.30 bits per heavy atom. The first-order chi connectivity index (χ1) is 10.2. The van der Waals surface area contributed by atoms with Crippen LogP contribution in [0, 0.1) is 6.92 Å². The molecule has 0 saturated carbocycles. The van der Waals surface area contributed by atoms with Gasteiger partial charge < -0.3 is 10.1 Å². The van der Waals surface area contributed by atoms with Crippen molar-refractivity contribution in [1.29, 1.82) is 0 Å². The quantitative estimate of drug-likeness (QED) is 0.894. The molecular formula is C16H27ClN2O3S. The summed E-state index contributed by atoms with van der Waals surface area (Å²) >= 11 is 0. The predicted octanol–water partition coefficient (Wildman–Crippen LogP) is 2.57. The highest BCUT2D eigenvalue weighted by Crippen LogP contribution is 2.26. The van der Waals surface area contributed by atoms with Crippen molar-refractivity contribution in [2.45, 2.75) is 57.7 Å². The van der Waals surface area contributed by atoms with Gasteiger partial charge in [-0.1, -0.05) is 0 Å². The van der Waals surface area contributed by atoms with Gasteiger partial charge in [-0.2, -0.15) is 4.31 Å². The van der Waals surface area contributed by atoms with E-state index in [0.717, 1.165) is 11.3 Å². The van der Waals surface area contributed by atoms with Gasteiger partial charge in [0.25, 0.3) is 0 Å². The lowest BCUT2D eigenvalue weighted by Gasteiger charge is -2.36. The van der Waals surface area contributed by atoms with Gasteiger partial charge in [0.15, 0.2) is 0 Å². The fraction of sp³-hybridized carbons (Fsp3) is 0.625. The monoisotopic (exact) mass is 362 g/mol. The van der Waals surface area contributed by atoms with Gasteiger partial charge in [-0.3, -0.25) is 0 Å². The minimum Gasteiger partial charge on any atom is -0.491 e. The maximum absolute atomic E-state index is 12.9. The summed E-state index contributed by atoms with van der Waals surface area (Å²) < 4.78 is 33.0. The summed E-state index contributed by atoms with van der Waals surface area (Å²) in [6.07, 6.45) is 0.0650. The molecule has 0 spiro atoms. The zero-order chi connectivity index (χ0) is 16.5. The summed E-state index contributed by atoms with van der Waals surface area (Å²) in [5, 5.41) is 3.30. The van der Waals surface area contributed by atoms with E-state index in [-0.39, 0.29) is 30.6 Å². The van der Waals surface area contributed by atoms with Crippen molar-refractivity contribution in [1.82, 2.24) is 9.62 Å². The Hall–Kier alpha value is -0.820. The molecule has 2 atom stereocenters. The molecule has 0 bridgehead atoms. The smallest absolute Gasteiger partial charge is 0.243 e. The third-order valence-corrected chi connectivity index (χ3v) is 5.80. The molecule has 1 aliphatic heterocycles. The van der Waals surface area contributed by atoms with Crippen LogP contribution >= 0.6 is 12.4 Å². The van der Waals surface area contributed by atoms with Gasteiger partial charge in [-0.05, 0) is 58.4 Å². The Kier molecular flexibility index (Phi) is 6.89. The van der Waals surface area contributed by atoms with E-state index in [1.54, 1.807) is 22.5 Å². The Labute approximate surface area is 145 Å². The third kappa shape index (κ3) is 4.59. The first kappa shape index (κ1) is 20.2. The number of nitrogens with one attached hydrogen (secondary N) is 1. The summed E-state index contributed by atoms with van der Waals surface area (Å²) in [5.41, 5.74) is 0.839. The van der Waals surface area contributed by atoms with E-state index in [9.17, 15) is 8.42 Å². The lowest BCUT2D eigenvalue weighted by Crippen LogP contribution is -2.56. The molecule has 23 heavy (non-hydrogen) atoms. The molecule has 1 saturated heterocycles. The maximum Gasteiger partial charge on any atom is 0.243 e. The zero-order valence-electron chi connectivity index (χ0n) is 14.4. The van der Waals surface area contributed by atoms with Crippen molar-refractivity contribution in [3.05, 3.63) is 23.8 Å². The van der Waals surface area contributed by atoms with Crippen molar-refractivity contribution in [3.63, 3.8) is 0 Å². The van der Waals surface area contributed by atoms with Gasteiger partial charge in [-0.25, -0.2) is 8.42 Å². The highest BCUT2D eigenvalue weighted by Gasteiger charge is 2.33. The van der Waals surface area contributed by atoms with Gasteiger partial charge in [0.1, 0.15) is 5.75 Å². The molecule has 0 amide bonds. The summed E-state index contributed by atoms with van der Waals surface area (Å²) in [6.45, 7) is 10.9. The molecule has 0 radical (unpaired) electrons. The molecule has 0 aromatic heterocycles. The highest BCUT2D eigenvalue weighted by molar-refractivity contribution is 7.89. The third-order valence-electron chi connectivity index (χ3n) is 3.82. The van der Waals surface area contributed by atoms with E-state index in [4.69, 9.17) is 4.74 Å². The second kappa shape index (κ2) is 7.83. The lowest BCUT2D eigenvalue weighted by molar-refractivity contribution is 0.240. The van der Waals surface area contributed by atoms with Crippen LogP contribution in [0.15, 0.2) is 23.1 Å². The van der Waals surface area contributed by atoms with E-state index < -0.39 is 10.0 Å². The highest BCUT2D eigenvalue weighted by atomic mass is 35.5. The molecule has 1 aromatic carbocycles. The first-order valence-electron chi connectivity index (χ1n) is 7.74. The van der Waals surface area contributed by atoms with Crippen LogP contribution in [-0.4, -0.2) is 44.0 Å².